The standard InChI is InChI=1S/C10H15N5O.C9H11FN4.2C9H12N4.2C8H11N5O.3C8H11N5.C8H10N4O.C7H10N6/c1-4-16-9-7-8(13-10(11)14-9)15(5-12-7)6(2)3;1-5(2)14-3-6(10)7-8(11)12-4-13-9(7)14;1-6(2)13-4-3-7-8(10)11-5-12-9(7)13;1-6(2)7-3-4-8-9(10)11-5-12-13(7)8;1-4(2)13-3-10-5-6(13)11-8(9)12-7(5)14;1-4(2)5-3-10-13-6(5)11-7(9)12-8(13)14;1-5(2)13-4-12-6-7(9)10-3-11-8(6)13;1-5(2)6-3-10-8-7(9)11-4-12-13(6)8;1-5(2)6-3-12-13-7(6)10-4-11-8(13)9;1-5(2)12-4-11-6-7(12)9-3-10-8(6)13;1-4(2)13-7-5(11-12-13)6(8)9-3-10-7/h5-6H,4H2,1-3H3,(H2,11,13,14);3-5H,1-2H3,(H2,11,12,13);2*3-6H,1-2H3,(H2,10,11,12);2*3-4H,1-2H3,(H3,9,11,12,14);3-5H,1-2H3,(H2,9,10,11);3-5H,1-2H3,(H2,9,11,12);3-5H,1-2H3,(H2,9,10,11);3-5H,1-2H3,(H,9,10,13);3-4H,1-2H3,(H2,8,9,10). The van der Waals surface area contributed by atoms with Crippen LogP contribution in [0.5, 0.6) is 5.88 Å². The maximum absolute atomic E-state index is 13.4. The summed E-state index contributed by atoms with van der Waals surface area (Å²) in [5, 5.41) is 25.4. The van der Waals surface area contributed by atoms with E-state index in [2.05, 4.69) is 243 Å². The zero-order chi connectivity index (χ0) is 109. The normalized spacial score (nSPS) is 11.3. The molecule has 0 spiro atoms. The van der Waals surface area contributed by atoms with Crippen LogP contribution in [0.4, 0.5) is 63.1 Å². The summed E-state index contributed by atoms with van der Waals surface area (Å²) in [7, 11) is 0. The predicted octanol–water partition coefficient (Wildman–Crippen LogP) is 10.3. The number of H-pyrrole nitrogens is 3. The van der Waals surface area contributed by atoms with Gasteiger partial charge in [0.05, 0.1) is 79.3 Å². The predicted molar refractivity (Wildman–Crippen MR) is 568 cm³/mol. The molecule has 0 bridgehead atoms. The lowest BCUT2D eigenvalue weighted by Crippen LogP contribution is -2.20. The summed E-state index contributed by atoms with van der Waals surface area (Å²) in [4.78, 5) is 130. The number of nitrogen functional groups attached to an aromatic ring is 10. The lowest BCUT2D eigenvalue weighted by molar-refractivity contribution is 0.330. The van der Waals surface area contributed by atoms with Crippen molar-refractivity contribution in [1.82, 2.24) is 205 Å². The zero-order valence-corrected chi connectivity index (χ0v) is 86.8. The molecule has 0 unspecified atom stereocenters. The first-order valence-corrected chi connectivity index (χ1v) is 47.3. The number of ether oxygens (including phenoxy) is 1. The summed E-state index contributed by atoms with van der Waals surface area (Å²) < 4.78 is 38.3. The van der Waals surface area contributed by atoms with Crippen molar-refractivity contribution in [2.75, 3.05) is 63.9 Å². The van der Waals surface area contributed by atoms with Gasteiger partial charge in [-0.2, -0.15) is 49.4 Å². The van der Waals surface area contributed by atoms with Crippen molar-refractivity contribution in [1.29, 1.82) is 0 Å². The monoisotopic (exact) mass is 2040 g/mol. The molecule has 0 aliphatic heterocycles. The van der Waals surface area contributed by atoms with Crippen molar-refractivity contribution in [3.63, 3.8) is 0 Å². The van der Waals surface area contributed by atoms with E-state index in [0.717, 1.165) is 50.4 Å². The van der Waals surface area contributed by atoms with Crippen LogP contribution in [-0.4, -0.2) is 212 Å². The molecule has 0 amide bonds. The highest BCUT2D eigenvalue weighted by Gasteiger charge is 2.22. The number of aromatic nitrogens is 42. The number of hydrogen-bond acceptors (Lipinski definition) is 42. The van der Waals surface area contributed by atoms with Gasteiger partial charge in [-0.1, -0.05) is 60.6 Å². The molecule has 0 aromatic carbocycles. The fraction of sp³-hybridized carbons (Fsp3) is 0.380. The molecule has 784 valence electrons. The Morgan fingerprint density at radius 1 is 0.356 bits per heavy atom. The van der Waals surface area contributed by atoms with E-state index in [-0.39, 0.29) is 82.4 Å². The molecule has 56 nitrogen and oxygen atoms in total. The van der Waals surface area contributed by atoms with E-state index >= 15 is 0 Å². The van der Waals surface area contributed by atoms with E-state index in [1.807, 2.05) is 119 Å². The number of hydrogen-bond donors (Lipinski definition) is 13. The highest BCUT2D eigenvalue weighted by Crippen LogP contribution is 2.30. The van der Waals surface area contributed by atoms with Gasteiger partial charge in [-0.05, 0) is 146 Å². The quantitative estimate of drug-likeness (QED) is 0.0510. The largest absolute Gasteiger partial charge is 0.476 e. The molecular formula is C92H125FN52O4. The van der Waals surface area contributed by atoms with Gasteiger partial charge in [-0.15, -0.1) is 5.10 Å². The Hall–Kier alpha value is -18.7. The second kappa shape index (κ2) is 47.7. The van der Waals surface area contributed by atoms with Gasteiger partial charge in [0.1, 0.15) is 78.3 Å². The van der Waals surface area contributed by atoms with Gasteiger partial charge in [-0.3, -0.25) is 19.6 Å². The lowest BCUT2D eigenvalue weighted by Gasteiger charge is -2.08. The maximum Gasteiger partial charge on any atom is 0.350 e. The van der Waals surface area contributed by atoms with Crippen LogP contribution in [0.15, 0.2) is 139 Å². The molecule has 0 aliphatic carbocycles. The number of halogens is 1. The molecule has 57 heteroatoms. The zero-order valence-electron chi connectivity index (χ0n) is 86.8. The molecule has 0 fully saturated rings. The first-order chi connectivity index (χ1) is 70.8. The third kappa shape index (κ3) is 24.9. The van der Waals surface area contributed by atoms with Crippen LogP contribution in [0.3, 0.4) is 0 Å². The molecule has 0 aliphatic rings. The summed E-state index contributed by atoms with van der Waals surface area (Å²) >= 11 is 0. The van der Waals surface area contributed by atoms with Gasteiger partial charge >= 0.3 is 5.69 Å². The Bertz CT molecular complexity index is 7730. The fourth-order valence-electron chi connectivity index (χ4n) is 14.6. The molecule has 22 heterocycles. The highest BCUT2D eigenvalue weighted by atomic mass is 19.1. The van der Waals surface area contributed by atoms with E-state index in [4.69, 9.17) is 62.1 Å². The Labute approximate surface area is 849 Å². The second-order valence-electron chi connectivity index (χ2n) is 36.5. The minimum Gasteiger partial charge on any atom is -0.476 e. The molecule has 0 atom stereocenters. The van der Waals surface area contributed by atoms with Gasteiger partial charge in [0.15, 0.2) is 96.3 Å². The molecule has 0 radical (unpaired) electrons. The van der Waals surface area contributed by atoms with Crippen LogP contribution in [0.1, 0.15) is 248 Å². The van der Waals surface area contributed by atoms with Crippen molar-refractivity contribution in [2.24, 2.45) is 0 Å². The van der Waals surface area contributed by atoms with E-state index in [9.17, 15) is 18.8 Å². The SMILES string of the molecule is CC(C)c1ccc2c(N)ncnn12.CC(C)c1cnc2c(N)ncnn12.CC(C)c1cnn2c(=O)[nH]c(N)nc12.CC(C)c1cnn2c(N)ncnc12.CC(C)n1cc(F)c2c(N)ncnc21.CC(C)n1ccc2c(N)ncnc21.CC(C)n1cnc2c(=O)[nH]c(N)nc21.CC(C)n1cnc2c(=O)[nH]cnc21.CC(C)n1cnc2c(N)ncnc21.CC(C)n1nnc2c(N)ncnc21.CCOc1nc(N)nc2c1ncn2C(C)C. The molecule has 22 aromatic rings. The Kier molecular flexibility index (Phi) is 34.9. The number of nitrogens with zero attached hydrogens (tertiary/aromatic N) is 39. The number of nitrogens with one attached hydrogen (secondary N) is 3. The first-order valence-electron chi connectivity index (χ1n) is 47.3. The van der Waals surface area contributed by atoms with Gasteiger partial charge in [0.2, 0.25) is 29.7 Å². The lowest BCUT2D eigenvalue weighted by atomic mass is 10.1. The van der Waals surface area contributed by atoms with Gasteiger partial charge < -0.3 is 94.5 Å². The minimum absolute atomic E-state index is 0.116. The van der Waals surface area contributed by atoms with E-state index < -0.39 is 0 Å². The highest BCUT2D eigenvalue weighted by molar-refractivity contribution is 5.88. The Morgan fingerprint density at radius 2 is 0.839 bits per heavy atom. The smallest absolute Gasteiger partial charge is 0.350 e. The third-order valence-electron chi connectivity index (χ3n) is 22.2. The van der Waals surface area contributed by atoms with E-state index in [0.29, 0.717) is 150 Å². The van der Waals surface area contributed by atoms with Crippen molar-refractivity contribution in [3.05, 3.63) is 185 Å². The summed E-state index contributed by atoms with van der Waals surface area (Å²) in [5.74, 6) is 4.86. The van der Waals surface area contributed by atoms with Crippen LogP contribution >= 0.6 is 0 Å². The summed E-state index contributed by atoms with van der Waals surface area (Å²) in [6, 6.07) is 7.77. The van der Waals surface area contributed by atoms with Gasteiger partial charge in [0.25, 0.3) is 11.1 Å². The van der Waals surface area contributed by atoms with Crippen molar-refractivity contribution < 1.29 is 9.13 Å². The average molecular weight is 2040 g/mol. The van der Waals surface area contributed by atoms with Crippen molar-refractivity contribution in [2.45, 2.75) is 225 Å². The van der Waals surface area contributed by atoms with Crippen LogP contribution in [0.25, 0.3) is 100 Å². The van der Waals surface area contributed by atoms with Crippen LogP contribution in [0, 0.1) is 5.82 Å². The fourth-order valence-corrected chi connectivity index (χ4v) is 14.6. The second-order valence-corrected chi connectivity index (χ2v) is 36.5. The van der Waals surface area contributed by atoms with E-state index in [1.165, 1.54) is 61.3 Å². The third-order valence-corrected chi connectivity index (χ3v) is 22.2. The Morgan fingerprint density at radius 3 is 1.43 bits per heavy atom. The van der Waals surface area contributed by atoms with Gasteiger partial charge in [-0.25, -0.2) is 113 Å². The van der Waals surface area contributed by atoms with Crippen LogP contribution < -0.4 is 78.9 Å². The van der Waals surface area contributed by atoms with Crippen molar-refractivity contribution in [3.8, 4) is 5.88 Å². The first kappa shape index (κ1) is 109. The number of anilines is 10. The number of aromatic amines is 3. The summed E-state index contributed by atoms with van der Waals surface area (Å²) in [6.45, 7) is 47.4. The molecule has 0 saturated heterocycles. The number of imidazole rings is 5. The Balaban J connectivity index is 0.000000145. The number of rotatable bonds is 13. The van der Waals surface area contributed by atoms with E-state index in [1.54, 1.807) is 66.7 Å². The molecule has 22 aromatic heterocycles. The number of nitrogens with two attached hydrogens (primary N) is 10. The molecular weight excluding hydrogens is 1920 g/mol. The molecule has 149 heavy (non-hydrogen) atoms. The van der Waals surface area contributed by atoms with Gasteiger partial charge in [0, 0.05) is 65.5 Å². The van der Waals surface area contributed by atoms with Crippen LogP contribution in [0.2, 0.25) is 0 Å². The van der Waals surface area contributed by atoms with Crippen LogP contribution in [-0.2, 0) is 0 Å². The molecule has 22 rings (SSSR count). The topological polar surface area (TPSA) is 781 Å². The maximum atomic E-state index is 13.4. The average Bonchev–Trinajstić information content (AvgIpc) is 1.54. The molecule has 0 saturated carbocycles. The number of fused-ring (bicyclic) bond motifs is 11. The molecule has 23 N–H and O–H groups in total. The summed E-state index contributed by atoms with van der Waals surface area (Å²) in [6.07, 6.45) is 26.8. The summed E-state index contributed by atoms with van der Waals surface area (Å²) in [5.41, 5.74) is 69.6. The van der Waals surface area contributed by atoms with Crippen molar-refractivity contribution >= 4 is 159 Å². The minimum atomic E-state index is -0.369.